The number of hydrogen-bond acceptors (Lipinski definition) is 4. The zero-order valence-corrected chi connectivity index (χ0v) is 15.2. The van der Waals surface area contributed by atoms with Gasteiger partial charge in [0.25, 0.3) is 0 Å². The normalized spacial score (nSPS) is 10.0. The van der Waals surface area contributed by atoms with Crippen molar-refractivity contribution in [3.63, 3.8) is 0 Å². The highest BCUT2D eigenvalue weighted by Gasteiger charge is 2.35. The number of unbranched alkanes of at least 4 members (excludes halogenated alkanes) is 3. The van der Waals surface area contributed by atoms with Gasteiger partial charge in [-0.2, -0.15) is 10.5 Å². The second kappa shape index (κ2) is 17.2. The van der Waals surface area contributed by atoms with E-state index in [1.807, 2.05) is 7.11 Å². The van der Waals surface area contributed by atoms with Gasteiger partial charge in [0.2, 0.25) is 0 Å². The van der Waals surface area contributed by atoms with Crippen LogP contribution in [0.3, 0.4) is 0 Å². The standard InChI is InChI=1S/C14H32OP.C2HN3/c1-5-8-11-16(14-15-4,12-9-6-2)13-10-7-3;3-1-5-2-4/h5-14H2,1-4H3;5H/q+1;. The summed E-state index contributed by atoms with van der Waals surface area (Å²) in [7, 11) is 1.12. The molecule has 0 aliphatic carbocycles. The monoisotopic (exact) mass is 314 g/mol. The number of hydrogen-bond donors (Lipinski definition) is 1. The van der Waals surface area contributed by atoms with Gasteiger partial charge in [0.1, 0.15) is 0 Å². The molecule has 0 aromatic carbocycles. The molecule has 0 amide bonds. The average Bonchev–Trinajstić information content (AvgIpc) is 2.50. The van der Waals surface area contributed by atoms with Crippen LogP contribution in [-0.4, -0.2) is 31.9 Å². The summed E-state index contributed by atoms with van der Waals surface area (Å²) in [6, 6.07) is 0. The second-order valence-electron chi connectivity index (χ2n) is 5.34. The summed E-state index contributed by atoms with van der Waals surface area (Å²) in [4.78, 5) is 0. The minimum atomic E-state index is -0.768. The van der Waals surface area contributed by atoms with Gasteiger partial charge in [-0.05, 0) is 19.3 Å². The number of rotatable bonds is 11. The molecule has 0 aliphatic rings. The maximum absolute atomic E-state index is 7.48. The largest absolute Gasteiger partial charge is 0.350 e. The quantitative estimate of drug-likeness (QED) is 0.345. The molecule has 0 heterocycles. The van der Waals surface area contributed by atoms with Gasteiger partial charge in [-0.25, -0.2) is 5.32 Å². The molecule has 0 fully saturated rings. The second-order valence-corrected chi connectivity index (χ2v) is 9.62. The zero-order valence-electron chi connectivity index (χ0n) is 14.3. The van der Waals surface area contributed by atoms with Crippen molar-refractivity contribution in [1.29, 1.82) is 10.5 Å². The fraction of sp³-hybridized carbons (Fsp3) is 0.875. The fourth-order valence-corrected chi connectivity index (χ4v) is 6.88. The Hall–Kier alpha value is -0.830. The first-order chi connectivity index (χ1) is 10.2. The Morgan fingerprint density at radius 1 is 0.857 bits per heavy atom. The molecule has 5 heteroatoms. The summed E-state index contributed by atoms with van der Waals surface area (Å²) in [5.74, 6) is 0. The highest BCUT2D eigenvalue weighted by atomic mass is 31.2. The van der Waals surface area contributed by atoms with E-state index < -0.39 is 7.26 Å². The summed E-state index contributed by atoms with van der Waals surface area (Å²) in [6.07, 6.45) is 16.5. The molecule has 0 saturated heterocycles. The maximum atomic E-state index is 7.48. The summed E-state index contributed by atoms with van der Waals surface area (Å²) in [5.41, 5.74) is 0. The average molecular weight is 314 g/mol. The van der Waals surface area contributed by atoms with E-state index in [4.69, 9.17) is 15.3 Å². The van der Waals surface area contributed by atoms with Gasteiger partial charge in [0, 0.05) is 14.4 Å². The number of nitrogens with zero attached hydrogens (tertiary/aromatic N) is 2. The molecule has 0 atom stereocenters. The van der Waals surface area contributed by atoms with Crippen LogP contribution in [0.15, 0.2) is 0 Å². The van der Waals surface area contributed by atoms with Crippen LogP contribution in [0.1, 0.15) is 59.3 Å². The van der Waals surface area contributed by atoms with Crippen LogP contribution in [0.4, 0.5) is 0 Å². The lowest BCUT2D eigenvalue weighted by atomic mass is 10.4. The van der Waals surface area contributed by atoms with Crippen molar-refractivity contribution >= 4 is 7.26 Å². The topological polar surface area (TPSA) is 68.8 Å². The van der Waals surface area contributed by atoms with E-state index in [9.17, 15) is 0 Å². The third kappa shape index (κ3) is 13.9. The van der Waals surface area contributed by atoms with E-state index in [2.05, 4.69) is 20.8 Å². The molecule has 0 aromatic rings. The van der Waals surface area contributed by atoms with Gasteiger partial charge in [-0.3, -0.25) is 0 Å². The number of nitrogens with one attached hydrogen (secondary N) is 1. The smallest absolute Gasteiger partial charge is 0.190 e. The van der Waals surface area contributed by atoms with E-state index in [0.717, 1.165) is 6.35 Å². The van der Waals surface area contributed by atoms with Gasteiger partial charge >= 0.3 is 0 Å². The molecule has 4 nitrogen and oxygen atoms in total. The van der Waals surface area contributed by atoms with Crippen molar-refractivity contribution in [2.75, 3.05) is 31.9 Å². The zero-order chi connectivity index (χ0) is 16.4. The first-order valence-electron chi connectivity index (χ1n) is 8.03. The van der Waals surface area contributed by atoms with Gasteiger partial charge < -0.3 is 4.74 Å². The summed E-state index contributed by atoms with van der Waals surface area (Å²) >= 11 is 0. The van der Waals surface area contributed by atoms with Crippen molar-refractivity contribution in [3.05, 3.63) is 0 Å². The highest BCUT2D eigenvalue weighted by molar-refractivity contribution is 7.75. The van der Waals surface area contributed by atoms with Crippen LogP contribution in [0.2, 0.25) is 0 Å². The Bertz CT molecular complexity index is 263. The Kier molecular flexibility index (Phi) is 18.4. The Labute approximate surface area is 132 Å². The van der Waals surface area contributed by atoms with E-state index in [1.165, 1.54) is 69.4 Å². The number of nitriles is 2. The van der Waals surface area contributed by atoms with E-state index >= 15 is 0 Å². The Morgan fingerprint density at radius 3 is 1.43 bits per heavy atom. The van der Waals surface area contributed by atoms with E-state index in [-0.39, 0.29) is 0 Å². The molecule has 0 aliphatic heterocycles. The van der Waals surface area contributed by atoms with Crippen molar-refractivity contribution in [2.45, 2.75) is 59.3 Å². The molecular weight excluding hydrogens is 281 g/mol. The van der Waals surface area contributed by atoms with Gasteiger partial charge in [0.05, 0.1) is 18.5 Å². The molecule has 0 aromatic heterocycles. The molecule has 1 N–H and O–H groups in total. The van der Waals surface area contributed by atoms with Crippen LogP contribution in [-0.2, 0) is 4.74 Å². The molecule has 0 spiro atoms. The minimum Gasteiger partial charge on any atom is -0.350 e. The van der Waals surface area contributed by atoms with Crippen molar-refractivity contribution in [3.8, 4) is 12.4 Å². The van der Waals surface area contributed by atoms with Crippen LogP contribution >= 0.6 is 7.26 Å². The van der Waals surface area contributed by atoms with Gasteiger partial charge in [0.15, 0.2) is 18.7 Å². The molecule has 0 unspecified atom stereocenters. The first kappa shape index (κ1) is 22.5. The maximum Gasteiger partial charge on any atom is 0.190 e. The molecule has 0 bridgehead atoms. The van der Waals surface area contributed by atoms with Crippen molar-refractivity contribution in [1.82, 2.24) is 5.32 Å². The minimum absolute atomic E-state index is 0.768. The Morgan fingerprint density at radius 2 is 1.24 bits per heavy atom. The number of methoxy groups -OCH3 is 1. The van der Waals surface area contributed by atoms with E-state index in [1.54, 1.807) is 5.32 Å². The van der Waals surface area contributed by atoms with E-state index in [0.29, 0.717) is 0 Å². The van der Waals surface area contributed by atoms with Crippen molar-refractivity contribution in [2.24, 2.45) is 0 Å². The molecule has 0 saturated carbocycles. The molecule has 0 rings (SSSR count). The van der Waals surface area contributed by atoms with Crippen LogP contribution < -0.4 is 5.32 Å². The van der Waals surface area contributed by atoms with Crippen LogP contribution in [0.25, 0.3) is 0 Å². The van der Waals surface area contributed by atoms with Crippen LogP contribution in [0, 0.1) is 22.9 Å². The fourth-order valence-electron chi connectivity index (χ4n) is 2.31. The van der Waals surface area contributed by atoms with Crippen LogP contribution in [0.5, 0.6) is 0 Å². The summed E-state index contributed by atoms with van der Waals surface area (Å²) in [6.45, 7) is 6.92. The summed E-state index contributed by atoms with van der Waals surface area (Å²) in [5, 5.41) is 16.7. The lowest BCUT2D eigenvalue weighted by Gasteiger charge is -2.26. The van der Waals surface area contributed by atoms with Gasteiger partial charge in [-0.1, -0.05) is 40.0 Å². The van der Waals surface area contributed by atoms with Crippen molar-refractivity contribution < 1.29 is 4.74 Å². The molecule has 122 valence electrons. The Balaban J connectivity index is 0. The third-order valence-corrected chi connectivity index (χ3v) is 8.07. The molecule has 0 radical (unpaired) electrons. The summed E-state index contributed by atoms with van der Waals surface area (Å²) < 4.78 is 5.55. The predicted octanol–water partition coefficient (Wildman–Crippen LogP) is 4.55. The molecule has 21 heavy (non-hydrogen) atoms. The van der Waals surface area contributed by atoms with Gasteiger partial charge in [-0.15, -0.1) is 0 Å². The highest BCUT2D eigenvalue weighted by Crippen LogP contribution is 2.60. The first-order valence-corrected chi connectivity index (χ1v) is 10.6. The predicted molar refractivity (Wildman–Crippen MR) is 92.5 cm³/mol. The third-order valence-electron chi connectivity index (χ3n) is 3.47. The number of ether oxygens (including phenoxy) is 1. The lowest BCUT2D eigenvalue weighted by Crippen LogP contribution is -2.13. The lowest BCUT2D eigenvalue weighted by molar-refractivity contribution is 0.252. The molecular formula is C16H33N3OP+. The SMILES string of the molecule is CCCC[P+](CCCC)(CCCC)COC.N#CNC#N.